The zero-order valence-corrected chi connectivity index (χ0v) is 11.6. The summed E-state index contributed by atoms with van der Waals surface area (Å²) in [7, 11) is 2.84. The highest BCUT2D eigenvalue weighted by Crippen LogP contribution is 2.46. The normalized spacial score (nSPS) is 20.2. The average Bonchev–Trinajstić information content (AvgIpc) is 2.47. The van der Waals surface area contributed by atoms with Gasteiger partial charge in [-0.05, 0) is 30.5 Å². The van der Waals surface area contributed by atoms with Crippen LogP contribution in [0.1, 0.15) is 31.2 Å². The second kappa shape index (κ2) is 5.38. The first kappa shape index (κ1) is 14.8. The first-order chi connectivity index (χ1) is 9.43. The van der Waals surface area contributed by atoms with Gasteiger partial charge in [0.2, 0.25) is 5.92 Å². The van der Waals surface area contributed by atoms with Crippen molar-refractivity contribution in [3.05, 3.63) is 29.8 Å². The highest BCUT2D eigenvalue weighted by atomic mass is 19.3. The number of carbonyl (C=O) groups excluding carboxylic acids is 1. The van der Waals surface area contributed by atoms with Crippen molar-refractivity contribution in [1.29, 1.82) is 0 Å². The lowest BCUT2D eigenvalue weighted by Gasteiger charge is -2.38. The smallest absolute Gasteiger partial charge is 0.316 e. The fourth-order valence-electron chi connectivity index (χ4n) is 2.76. The van der Waals surface area contributed by atoms with Gasteiger partial charge in [-0.3, -0.25) is 4.79 Å². The summed E-state index contributed by atoms with van der Waals surface area (Å²) in [6, 6.07) is 6.96. The van der Waals surface area contributed by atoms with Crippen molar-refractivity contribution >= 4 is 5.97 Å². The number of rotatable bonds is 3. The maximum Gasteiger partial charge on any atom is 0.316 e. The van der Waals surface area contributed by atoms with E-state index in [-0.39, 0.29) is 25.7 Å². The molecule has 1 aromatic carbocycles. The van der Waals surface area contributed by atoms with Crippen LogP contribution in [0.5, 0.6) is 5.75 Å². The summed E-state index contributed by atoms with van der Waals surface area (Å²) >= 11 is 0. The quantitative estimate of drug-likeness (QED) is 0.799. The molecule has 1 aromatic rings. The standard InChI is InChI=1S/C15H18F2O3/c1-19-12-5-3-11(4-6-12)14(13(18)20-2)7-9-15(16,17)10-8-14/h3-6H,7-10H2,1-2H3. The van der Waals surface area contributed by atoms with Crippen LogP contribution in [-0.2, 0) is 14.9 Å². The fraction of sp³-hybridized carbons (Fsp3) is 0.533. The Morgan fingerprint density at radius 2 is 1.60 bits per heavy atom. The molecule has 20 heavy (non-hydrogen) atoms. The molecule has 1 saturated carbocycles. The summed E-state index contributed by atoms with van der Waals surface area (Å²) in [6.07, 6.45) is -0.403. The van der Waals surface area contributed by atoms with Gasteiger partial charge in [-0.1, -0.05) is 12.1 Å². The molecule has 110 valence electrons. The van der Waals surface area contributed by atoms with Crippen molar-refractivity contribution < 1.29 is 23.0 Å². The Hall–Kier alpha value is -1.65. The van der Waals surface area contributed by atoms with Gasteiger partial charge >= 0.3 is 5.97 Å². The monoisotopic (exact) mass is 284 g/mol. The number of hydrogen-bond donors (Lipinski definition) is 0. The third kappa shape index (κ3) is 2.62. The molecular weight excluding hydrogens is 266 g/mol. The molecule has 5 heteroatoms. The number of alkyl halides is 2. The summed E-state index contributed by atoms with van der Waals surface area (Å²) in [4.78, 5) is 12.2. The Kier molecular flexibility index (Phi) is 3.97. The van der Waals surface area contributed by atoms with Gasteiger partial charge in [-0.15, -0.1) is 0 Å². The molecule has 1 aliphatic carbocycles. The SMILES string of the molecule is COC(=O)C1(c2ccc(OC)cc2)CCC(F)(F)CC1. The van der Waals surface area contributed by atoms with Crippen LogP contribution in [0.4, 0.5) is 8.78 Å². The second-order valence-electron chi connectivity index (χ2n) is 5.16. The molecule has 0 heterocycles. The van der Waals surface area contributed by atoms with Gasteiger partial charge in [0.05, 0.1) is 19.6 Å². The molecule has 0 unspecified atom stereocenters. The van der Waals surface area contributed by atoms with Crippen LogP contribution >= 0.6 is 0 Å². The van der Waals surface area contributed by atoms with Crippen molar-refractivity contribution in [2.75, 3.05) is 14.2 Å². The first-order valence-electron chi connectivity index (χ1n) is 6.54. The van der Waals surface area contributed by atoms with Gasteiger partial charge in [-0.25, -0.2) is 8.78 Å². The molecule has 0 bridgehead atoms. The Balaban J connectivity index is 2.35. The van der Waals surface area contributed by atoms with Crippen LogP contribution < -0.4 is 4.74 Å². The molecule has 1 fully saturated rings. The number of hydrogen-bond acceptors (Lipinski definition) is 3. The van der Waals surface area contributed by atoms with E-state index >= 15 is 0 Å². The van der Waals surface area contributed by atoms with E-state index in [9.17, 15) is 13.6 Å². The summed E-state index contributed by atoms with van der Waals surface area (Å²) < 4.78 is 36.7. The van der Waals surface area contributed by atoms with Crippen molar-refractivity contribution in [3.8, 4) is 5.75 Å². The van der Waals surface area contributed by atoms with E-state index < -0.39 is 17.3 Å². The van der Waals surface area contributed by atoms with Crippen LogP contribution in [0.15, 0.2) is 24.3 Å². The third-order valence-electron chi connectivity index (χ3n) is 4.05. The van der Waals surface area contributed by atoms with E-state index in [0.717, 1.165) is 0 Å². The maximum atomic E-state index is 13.4. The van der Waals surface area contributed by atoms with Crippen molar-refractivity contribution in [2.45, 2.75) is 37.0 Å². The predicted molar refractivity (Wildman–Crippen MR) is 70.1 cm³/mol. The zero-order valence-electron chi connectivity index (χ0n) is 11.6. The highest BCUT2D eigenvalue weighted by molar-refractivity contribution is 5.83. The van der Waals surface area contributed by atoms with Gasteiger partial charge in [0.25, 0.3) is 0 Å². The summed E-state index contributed by atoms with van der Waals surface area (Å²) in [6.45, 7) is 0. The number of esters is 1. The van der Waals surface area contributed by atoms with E-state index in [0.29, 0.717) is 11.3 Å². The maximum absolute atomic E-state index is 13.4. The average molecular weight is 284 g/mol. The van der Waals surface area contributed by atoms with Crippen molar-refractivity contribution in [1.82, 2.24) is 0 Å². The fourth-order valence-corrected chi connectivity index (χ4v) is 2.76. The minimum Gasteiger partial charge on any atom is -0.497 e. The topological polar surface area (TPSA) is 35.5 Å². The highest BCUT2D eigenvalue weighted by Gasteiger charge is 2.49. The molecule has 0 amide bonds. The molecule has 2 rings (SSSR count). The lowest BCUT2D eigenvalue weighted by Crippen LogP contribution is -2.43. The molecule has 0 aliphatic heterocycles. The van der Waals surface area contributed by atoms with E-state index in [1.807, 2.05) is 0 Å². The molecule has 0 atom stereocenters. The number of carbonyl (C=O) groups is 1. The lowest BCUT2D eigenvalue weighted by atomic mass is 9.68. The molecule has 1 aliphatic rings. The molecule has 0 spiro atoms. The molecule has 0 saturated heterocycles. The van der Waals surface area contributed by atoms with Crippen LogP contribution in [0.3, 0.4) is 0 Å². The van der Waals surface area contributed by atoms with E-state index in [4.69, 9.17) is 9.47 Å². The number of halogens is 2. The predicted octanol–water partition coefficient (Wildman–Crippen LogP) is 3.32. The minimum absolute atomic E-state index is 0.0962. The second-order valence-corrected chi connectivity index (χ2v) is 5.16. The molecule has 0 N–H and O–H groups in total. The Morgan fingerprint density at radius 3 is 2.05 bits per heavy atom. The molecule has 0 radical (unpaired) electrons. The number of ether oxygens (including phenoxy) is 2. The van der Waals surface area contributed by atoms with Gasteiger partial charge < -0.3 is 9.47 Å². The van der Waals surface area contributed by atoms with Crippen molar-refractivity contribution in [2.24, 2.45) is 0 Å². The van der Waals surface area contributed by atoms with Gasteiger partial charge in [0.1, 0.15) is 5.75 Å². The summed E-state index contributed by atoms with van der Waals surface area (Å²) in [5, 5.41) is 0. The van der Waals surface area contributed by atoms with Crippen LogP contribution in [0, 0.1) is 0 Å². The molecule has 3 nitrogen and oxygen atoms in total. The van der Waals surface area contributed by atoms with Crippen LogP contribution in [0.25, 0.3) is 0 Å². The lowest BCUT2D eigenvalue weighted by molar-refractivity contribution is -0.152. The van der Waals surface area contributed by atoms with Gasteiger partial charge in [-0.2, -0.15) is 0 Å². The Labute approximate surface area is 116 Å². The minimum atomic E-state index is -2.69. The van der Waals surface area contributed by atoms with Crippen LogP contribution in [-0.4, -0.2) is 26.1 Å². The van der Waals surface area contributed by atoms with Crippen LogP contribution in [0.2, 0.25) is 0 Å². The summed E-state index contributed by atoms with van der Waals surface area (Å²) in [5.41, 5.74) is -0.261. The van der Waals surface area contributed by atoms with Gasteiger partial charge in [0.15, 0.2) is 0 Å². The van der Waals surface area contributed by atoms with E-state index in [1.165, 1.54) is 7.11 Å². The van der Waals surface area contributed by atoms with E-state index in [1.54, 1.807) is 31.4 Å². The number of benzene rings is 1. The largest absolute Gasteiger partial charge is 0.497 e. The summed E-state index contributed by atoms with van der Waals surface area (Å²) in [5.74, 6) is -2.47. The Morgan fingerprint density at radius 1 is 1.05 bits per heavy atom. The Bertz CT molecular complexity index is 472. The van der Waals surface area contributed by atoms with Crippen molar-refractivity contribution in [3.63, 3.8) is 0 Å². The first-order valence-corrected chi connectivity index (χ1v) is 6.54. The zero-order chi connectivity index (χ0) is 14.8. The number of methoxy groups -OCH3 is 2. The van der Waals surface area contributed by atoms with Gasteiger partial charge in [0, 0.05) is 12.8 Å². The molecular formula is C15H18F2O3. The molecule has 0 aromatic heterocycles. The van der Waals surface area contributed by atoms with E-state index in [2.05, 4.69) is 0 Å². The third-order valence-corrected chi connectivity index (χ3v) is 4.05.